The Hall–Kier alpha value is -1.75. The maximum absolute atomic E-state index is 11.8. The van der Waals surface area contributed by atoms with Crippen LogP contribution in [0.2, 0.25) is 0 Å². The van der Waals surface area contributed by atoms with Crippen LogP contribution in [0.15, 0.2) is 24.3 Å². The first-order valence-electron chi connectivity index (χ1n) is 6.14. The van der Waals surface area contributed by atoms with Crippen LogP contribution in [-0.4, -0.2) is 5.91 Å². The predicted octanol–water partition coefficient (Wildman–Crippen LogP) is 3.19. The molecule has 1 aromatic rings. The third-order valence-electron chi connectivity index (χ3n) is 3.26. The fourth-order valence-corrected chi connectivity index (χ4v) is 2.38. The van der Waals surface area contributed by atoms with Gasteiger partial charge in [0, 0.05) is 17.7 Å². The molecule has 0 atom stereocenters. The van der Waals surface area contributed by atoms with Gasteiger partial charge >= 0.3 is 0 Å². The van der Waals surface area contributed by atoms with Gasteiger partial charge in [-0.2, -0.15) is 0 Å². The van der Waals surface area contributed by atoms with E-state index in [-0.39, 0.29) is 5.91 Å². The molecular formula is C15H17NO. The summed E-state index contributed by atoms with van der Waals surface area (Å²) in [6, 6.07) is 7.41. The van der Waals surface area contributed by atoms with Crippen molar-refractivity contribution in [1.29, 1.82) is 0 Å². The van der Waals surface area contributed by atoms with E-state index in [0.717, 1.165) is 11.3 Å². The van der Waals surface area contributed by atoms with E-state index in [1.165, 1.54) is 25.7 Å². The number of anilines is 1. The lowest BCUT2D eigenvalue weighted by Crippen LogP contribution is -2.15. The average Bonchev–Trinajstić information content (AvgIpc) is 2.82. The fraction of sp³-hybridized carbons (Fsp3) is 0.400. The van der Waals surface area contributed by atoms with Gasteiger partial charge in [-0.3, -0.25) is 4.79 Å². The summed E-state index contributed by atoms with van der Waals surface area (Å²) < 4.78 is 0. The lowest BCUT2D eigenvalue weighted by molar-refractivity contribution is -0.117. The predicted molar refractivity (Wildman–Crippen MR) is 69.6 cm³/mol. The van der Waals surface area contributed by atoms with Crippen molar-refractivity contribution in [1.82, 2.24) is 0 Å². The molecule has 0 aliphatic heterocycles. The van der Waals surface area contributed by atoms with E-state index in [2.05, 4.69) is 11.2 Å². The summed E-state index contributed by atoms with van der Waals surface area (Å²) >= 11 is 0. The summed E-state index contributed by atoms with van der Waals surface area (Å²) in [4.78, 5) is 11.8. The van der Waals surface area contributed by atoms with Gasteiger partial charge in [-0.05, 0) is 37.0 Å². The lowest BCUT2D eigenvalue weighted by atomic mass is 10.0. The van der Waals surface area contributed by atoms with Gasteiger partial charge in [0.25, 0.3) is 0 Å². The van der Waals surface area contributed by atoms with Gasteiger partial charge < -0.3 is 5.32 Å². The number of terminal acetylenes is 1. The number of hydrogen-bond donors (Lipinski definition) is 1. The van der Waals surface area contributed by atoms with Gasteiger partial charge in [0.2, 0.25) is 5.91 Å². The largest absolute Gasteiger partial charge is 0.326 e. The normalized spacial score (nSPS) is 15.5. The second-order valence-corrected chi connectivity index (χ2v) is 4.63. The highest BCUT2D eigenvalue weighted by Gasteiger charge is 2.18. The van der Waals surface area contributed by atoms with Crippen molar-refractivity contribution < 1.29 is 4.79 Å². The molecule has 88 valence electrons. The minimum absolute atomic E-state index is 0.103. The molecule has 17 heavy (non-hydrogen) atoms. The van der Waals surface area contributed by atoms with Crippen molar-refractivity contribution in [2.24, 2.45) is 5.92 Å². The Morgan fingerprint density at radius 1 is 1.41 bits per heavy atom. The maximum Gasteiger partial charge on any atom is 0.224 e. The van der Waals surface area contributed by atoms with Crippen molar-refractivity contribution in [3.8, 4) is 12.3 Å². The molecule has 0 heterocycles. The van der Waals surface area contributed by atoms with E-state index in [1.54, 1.807) is 0 Å². The smallest absolute Gasteiger partial charge is 0.224 e. The molecule has 2 nitrogen and oxygen atoms in total. The van der Waals surface area contributed by atoms with Gasteiger partial charge in [-0.1, -0.05) is 24.8 Å². The molecular weight excluding hydrogens is 210 g/mol. The SMILES string of the molecule is C#Cc1cccc(NC(=O)CC2CCCC2)c1. The summed E-state index contributed by atoms with van der Waals surface area (Å²) in [5.74, 6) is 3.24. The minimum atomic E-state index is 0.103. The lowest BCUT2D eigenvalue weighted by Gasteiger charge is -2.09. The number of hydrogen-bond acceptors (Lipinski definition) is 1. The van der Waals surface area contributed by atoms with E-state index in [0.29, 0.717) is 12.3 Å². The zero-order chi connectivity index (χ0) is 12.1. The molecule has 0 unspecified atom stereocenters. The number of carbonyl (C=O) groups excluding carboxylic acids is 1. The third kappa shape index (κ3) is 3.35. The molecule has 2 heteroatoms. The standard InChI is InChI=1S/C15H17NO/c1-2-12-8-5-9-14(10-12)16-15(17)11-13-6-3-4-7-13/h1,5,8-10,13H,3-4,6-7,11H2,(H,16,17). The van der Waals surface area contributed by atoms with Crippen LogP contribution in [0.3, 0.4) is 0 Å². The van der Waals surface area contributed by atoms with E-state index < -0.39 is 0 Å². The summed E-state index contributed by atoms with van der Waals surface area (Å²) in [6.07, 6.45) is 10.9. The monoisotopic (exact) mass is 227 g/mol. The highest BCUT2D eigenvalue weighted by molar-refractivity contribution is 5.91. The Balaban J connectivity index is 1.91. The highest BCUT2D eigenvalue weighted by Crippen LogP contribution is 2.27. The first-order valence-corrected chi connectivity index (χ1v) is 6.14. The van der Waals surface area contributed by atoms with Crippen LogP contribution in [0.5, 0.6) is 0 Å². The molecule has 1 fully saturated rings. The quantitative estimate of drug-likeness (QED) is 0.789. The highest BCUT2D eigenvalue weighted by atomic mass is 16.1. The van der Waals surface area contributed by atoms with Crippen LogP contribution in [0, 0.1) is 18.3 Å². The molecule has 2 rings (SSSR count). The second-order valence-electron chi connectivity index (χ2n) is 4.63. The van der Waals surface area contributed by atoms with Crippen LogP contribution in [-0.2, 0) is 4.79 Å². The Morgan fingerprint density at radius 2 is 2.18 bits per heavy atom. The Morgan fingerprint density at radius 3 is 2.88 bits per heavy atom. The van der Waals surface area contributed by atoms with Gasteiger partial charge in [-0.25, -0.2) is 0 Å². The number of rotatable bonds is 3. The first-order chi connectivity index (χ1) is 8.28. The molecule has 1 saturated carbocycles. The van der Waals surface area contributed by atoms with E-state index >= 15 is 0 Å². The van der Waals surface area contributed by atoms with Crippen LogP contribution in [0.1, 0.15) is 37.7 Å². The van der Waals surface area contributed by atoms with Gasteiger partial charge in [0.05, 0.1) is 0 Å². The summed E-state index contributed by atoms with van der Waals surface area (Å²) in [5.41, 5.74) is 1.59. The van der Waals surface area contributed by atoms with Crippen molar-refractivity contribution in [2.75, 3.05) is 5.32 Å². The number of carbonyl (C=O) groups is 1. The van der Waals surface area contributed by atoms with Crippen LogP contribution < -0.4 is 5.32 Å². The molecule has 0 bridgehead atoms. The van der Waals surface area contributed by atoms with E-state index in [9.17, 15) is 4.79 Å². The number of amides is 1. The zero-order valence-electron chi connectivity index (χ0n) is 9.91. The molecule has 0 aromatic heterocycles. The molecule has 1 N–H and O–H groups in total. The summed E-state index contributed by atoms with van der Waals surface area (Å²) in [6.45, 7) is 0. The third-order valence-corrected chi connectivity index (χ3v) is 3.26. The van der Waals surface area contributed by atoms with Crippen molar-refractivity contribution in [3.05, 3.63) is 29.8 Å². The van der Waals surface area contributed by atoms with Crippen molar-refractivity contribution >= 4 is 11.6 Å². The van der Waals surface area contributed by atoms with Gasteiger partial charge in [0.15, 0.2) is 0 Å². The van der Waals surface area contributed by atoms with Crippen LogP contribution in [0.4, 0.5) is 5.69 Å². The number of benzene rings is 1. The molecule has 1 aliphatic carbocycles. The topological polar surface area (TPSA) is 29.1 Å². The maximum atomic E-state index is 11.8. The van der Waals surface area contributed by atoms with Crippen molar-refractivity contribution in [2.45, 2.75) is 32.1 Å². The molecule has 1 aromatic carbocycles. The fourth-order valence-electron chi connectivity index (χ4n) is 2.38. The summed E-state index contributed by atoms with van der Waals surface area (Å²) in [7, 11) is 0. The molecule has 0 spiro atoms. The molecule has 0 saturated heterocycles. The Kier molecular flexibility index (Phi) is 3.82. The van der Waals surface area contributed by atoms with E-state index in [4.69, 9.17) is 6.42 Å². The average molecular weight is 227 g/mol. The minimum Gasteiger partial charge on any atom is -0.326 e. The van der Waals surface area contributed by atoms with Crippen molar-refractivity contribution in [3.63, 3.8) is 0 Å². The van der Waals surface area contributed by atoms with Gasteiger partial charge in [0.1, 0.15) is 0 Å². The second kappa shape index (κ2) is 5.54. The first kappa shape index (κ1) is 11.7. The van der Waals surface area contributed by atoms with Crippen LogP contribution >= 0.6 is 0 Å². The van der Waals surface area contributed by atoms with Crippen LogP contribution in [0.25, 0.3) is 0 Å². The molecule has 0 radical (unpaired) electrons. The van der Waals surface area contributed by atoms with E-state index in [1.807, 2.05) is 24.3 Å². The number of nitrogens with one attached hydrogen (secondary N) is 1. The molecule has 1 aliphatic rings. The van der Waals surface area contributed by atoms with Gasteiger partial charge in [-0.15, -0.1) is 6.42 Å². The molecule has 1 amide bonds. The Bertz CT molecular complexity index is 438. The summed E-state index contributed by atoms with van der Waals surface area (Å²) in [5, 5.41) is 2.91. The Labute approximate surface area is 102 Å². The zero-order valence-corrected chi connectivity index (χ0v) is 9.91.